The van der Waals surface area contributed by atoms with Gasteiger partial charge < -0.3 is 15.4 Å². The van der Waals surface area contributed by atoms with Crippen LogP contribution < -0.4 is 10.6 Å². The molecule has 2 aromatic heterocycles. The maximum Gasteiger partial charge on any atom is 0.158 e. The summed E-state index contributed by atoms with van der Waals surface area (Å²) in [4.78, 5) is 14.4. The van der Waals surface area contributed by atoms with Gasteiger partial charge in [0.25, 0.3) is 0 Å². The van der Waals surface area contributed by atoms with Gasteiger partial charge in [-0.1, -0.05) is 6.92 Å². The molecule has 0 saturated carbocycles. The van der Waals surface area contributed by atoms with Crippen LogP contribution in [0.15, 0.2) is 12.3 Å². The molecule has 2 rings (SSSR count). The first kappa shape index (κ1) is 15.7. The molecule has 21 heavy (non-hydrogen) atoms. The predicted octanol–water partition coefficient (Wildman–Crippen LogP) is 2.82. The molecule has 2 heterocycles. The molecule has 2 aromatic rings. The Balaban J connectivity index is 2.07. The summed E-state index contributed by atoms with van der Waals surface area (Å²) in [6.45, 7) is 6.11. The Morgan fingerprint density at radius 3 is 2.62 bits per heavy atom. The first-order chi connectivity index (χ1) is 10.2. The molecule has 0 atom stereocenters. The Morgan fingerprint density at radius 2 is 2.00 bits per heavy atom. The molecule has 0 fully saturated rings. The maximum atomic E-state index is 5.12. The van der Waals surface area contributed by atoms with Gasteiger partial charge in [-0.05, 0) is 13.3 Å². The number of hydrogen-bond acceptors (Lipinski definition) is 7. The topological polar surface area (TPSA) is 72.0 Å². The van der Waals surface area contributed by atoms with E-state index in [1.54, 1.807) is 18.4 Å². The van der Waals surface area contributed by atoms with Crippen molar-refractivity contribution in [1.82, 2.24) is 15.0 Å². The second-order valence-corrected chi connectivity index (χ2v) is 5.95. The lowest BCUT2D eigenvalue weighted by Gasteiger charge is -2.10. The zero-order chi connectivity index (χ0) is 15.1. The van der Waals surface area contributed by atoms with E-state index in [-0.39, 0.29) is 0 Å². The Kier molecular flexibility index (Phi) is 5.89. The second-order valence-electron chi connectivity index (χ2n) is 4.63. The fourth-order valence-corrected chi connectivity index (χ4v) is 2.50. The first-order valence-corrected chi connectivity index (χ1v) is 7.79. The molecular formula is C14H21N5OS. The van der Waals surface area contributed by atoms with Crippen LogP contribution in [0.3, 0.4) is 0 Å². The van der Waals surface area contributed by atoms with E-state index in [2.05, 4.69) is 39.4 Å². The van der Waals surface area contributed by atoms with Gasteiger partial charge in [-0.2, -0.15) is 0 Å². The largest absolute Gasteiger partial charge is 0.377 e. The van der Waals surface area contributed by atoms with Gasteiger partial charge in [0.1, 0.15) is 23.3 Å². The van der Waals surface area contributed by atoms with E-state index < -0.39 is 0 Å². The van der Waals surface area contributed by atoms with Crippen LogP contribution in [0.5, 0.6) is 0 Å². The van der Waals surface area contributed by atoms with Gasteiger partial charge in [0.05, 0.1) is 6.54 Å². The van der Waals surface area contributed by atoms with E-state index in [1.807, 2.05) is 12.3 Å². The third kappa shape index (κ3) is 4.95. The summed E-state index contributed by atoms with van der Waals surface area (Å²) in [7, 11) is 1.64. The van der Waals surface area contributed by atoms with Gasteiger partial charge in [-0.3, -0.25) is 0 Å². The minimum absolute atomic E-state index is 0.396. The summed E-state index contributed by atoms with van der Waals surface area (Å²) in [5.74, 6) is 2.26. The molecule has 2 N–H and O–H groups in total. The third-order valence-electron chi connectivity index (χ3n) is 2.69. The summed E-state index contributed by atoms with van der Waals surface area (Å²) >= 11 is 1.68. The number of methoxy groups -OCH3 is 1. The quantitative estimate of drug-likeness (QED) is 0.781. The smallest absolute Gasteiger partial charge is 0.158 e. The van der Waals surface area contributed by atoms with Crippen LogP contribution >= 0.6 is 11.3 Å². The van der Waals surface area contributed by atoms with Crippen LogP contribution in [-0.4, -0.2) is 28.6 Å². The summed E-state index contributed by atoms with van der Waals surface area (Å²) < 4.78 is 5.12. The molecule has 0 aliphatic carbocycles. The minimum Gasteiger partial charge on any atom is -0.377 e. The summed E-state index contributed by atoms with van der Waals surface area (Å²) in [6, 6.07) is 1.91. The molecule has 0 aliphatic heterocycles. The van der Waals surface area contributed by atoms with Crippen molar-refractivity contribution in [2.24, 2.45) is 0 Å². The Morgan fingerprint density at radius 1 is 1.24 bits per heavy atom. The van der Waals surface area contributed by atoms with Crippen LogP contribution in [0.4, 0.5) is 11.6 Å². The van der Waals surface area contributed by atoms with Gasteiger partial charge in [0.15, 0.2) is 5.82 Å². The number of rotatable bonds is 8. The van der Waals surface area contributed by atoms with Crippen molar-refractivity contribution in [3.63, 3.8) is 0 Å². The molecule has 114 valence electrons. The number of anilines is 2. The number of aromatic nitrogens is 3. The highest BCUT2D eigenvalue weighted by atomic mass is 32.1. The van der Waals surface area contributed by atoms with Crippen molar-refractivity contribution in [3.8, 4) is 0 Å². The zero-order valence-electron chi connectivity index (χ0n) is 12.6. The van der Waals surface area contributed by atoms with Crippen molar-refractivity contribution in [2.45, 2.75) is 33.4 Å². The number of ether oxygens (including phenoxy) is 1. The molecule has 0 amide bonds. The van der Waals surface area contributed by atoms with E-state index in [1.165, 1.54) is 4.88 Å². The highest BCUT2D eigenvalue weighted by Crippen LogP contribution is 2.16. The Bertz CT molecular complexity index is 572. The Labute approximate surface area is 129 Å². The fraction of sp³-hybridized carbons (Fsp3) is 0.500. The van der Waals surface area contributed by atoms with Crippen LogP contribution in [0.2, 0.25) is 0 Å². The lowest BCUT2D eigenvalue weighted by atomic mass is 10.4. The molecule has 0 radical (unpaired) electrons. The van der Waals surface area contributed by atoms with Crippen LogP contribution in [0.1, 0.15) is 29.1 Å². The number of aryl methyl sites for hydroxylation is 1. The zero-order valence-corrected chi connectivity index (χ0v) is 13.5. The summed E-state index contributed by atoms with van der Waals surface area (Å²) in [5.41, 5.74) is 0. The van der Waals surface area contributed by atoms with Gasteiger partial charge in [0, 0.05) is 30.8 Å². The van der Waals surface area contributed by atoms with E-state index in [9.17, 15) is 0 Å². The second kappa shape index (κ2) is 7.90. The molecular weight excluding hydrogens is 286 g/mol. The molecule has 0 bridgehead atoms. The molecule has 7 heteroatoms. The van der Waals surface area contributed by atoms with Gasteiger partial charge in [-0.15, -0.1) is 11.3 Å². The standard InChI is InChI=1S/C14H21N5OS/c1-4-5-15-11-6-12(19-13(18-11)9-20-3)16-8-14-17-7-10(2)21-14/h6-7H,4-5,8-9H2,1-3H3,(H2,15,16,18,19). The lowest BCUT2D eigenvalue weighted by Crippen LogP contribution is -2.09. The van der Waals surface area contributed by atoms with E-state index >= 15 is 0 Å². The molecule has 0 unspecified atom stereocenters. The average Bonchev–Trinajstić information content (AvgIpc) is 2.89. The van der Waals surface area contributed by atoms with Crippen molar-refractivity contribution in [1.29, 1.82) is 0 Å². The summed E-state index contributed by atoms with van der Waals surface area (Å²) in [6.07, 6.45) is 2.93. The van der Waals surface area contributed by atoms with Gasteiger partial charge in [-0.25, -0.2) is 15.0 Å². The normalized spacial score (nSPS) is 10.6. The molecule has 0 aliphatic rings. The van der Waals surface area contributed by atoms with Gasteiger partial charge >= 0.3 is 0 Å². The van der Waals surface area contributed by atoms with Crippen molar-refractivity contribution >= 4 is 23.0 Å². The number of hydrogen-bond donors (Lipinski definition) is 2. The number of thiazole rings is 1. The van der Waals surface area contributed by atoms with E-state index in [0.717, 1.165) is 29.6 Å². The van der Waals surface area contributed by atoms with E-state index in [4.69, 9.17) is 4.74 Å². The maximum absolute atomic E-state index is 5.12. The Hall–Kier alpha value is -1.73. The van der Waals surface area contributed by atoms with Crippen LogP contribution in [0, 0.1) is 6.92 Å². The highest BCUT2D eigenvalue weighted by Gasteiger charge is 2.05. The number of nitrogens with one attached hydrogen (secondary N) is 2. The molecule has 6 nitrogen and oxygen atoms in total. The van der Waals surface area contributed by atoms with Crippen molar-refractivity contribution < 1.29 is 4.74 Å². The van der Waals surface area contributed by atoms with E-state index in [0.29, 0.717) is 19.0 Å². The number of nitrogens with zero attached hydrogens (tertiary/aromatic N) is 3. The van der Waals surface area contributed by atoms with Gasteiger partial charge in [0.2, 0.25) is 0 Å². The van der Waals surface area contributed by atoms with Crippen LogP contribution in [0.25, 0.3) is 0 Å². The molecule has 0 spiro atoms. The predicted molar refractivity (Wildman–Crippen MR) is 85.7 cm³/mol. The SMILES string of the molecule is CCCNc1cc(NCc2ncc(C)s2)nc(COC)n1. The summed E-state index contributed by atoms with van der Waals surface area (Å²) in [5, 5.41) is 7.61. The average molecular weight is 307 g/mol. The molecule has 0 saturated heterocycles. The fourth-order valence-electron chi connectivity index (χ4n) is 1.77. The first-order valence-electron chi connectivity index (χ1n) is 6.97. The lowest BCUT2D eigenvalue weighted by molar-refractivity contribution is 0.178. The minimum atomic E-state index is 0.396. The molecule has 0 aromatic carbocycles. The van der Waals surface area contributed by atoms with Crippen molar-refractivity contribution in [2.75, 3.05) is 24.3 Å². The monoisotopic (exact) mass is 307 g/mol. The third-order valence-corrected chi connectivity index (χ3v) is 3.60. The highest BCUT2D eigenvalue weighted by molar-refractivity contribution is 7.11. The van der Waals surface area contributed by atoms with Crippen LogP contribution in [-0.2, 0) is 17.9 Å². The van der Waals surface area contributed by atoms with Crippen molar-refractivity contribution in [3.05, 3.63) is 28.0 Å².